The first-order chi connectivity index (χ1) is 13.2. The zero-order chi connectivity index (χ0) is 18.7. The second-order valence-corrected chi connectivity index (χ2v) is 9.41. The van der Waals surface area contributed by atoms with Crippen molar-refractivity contribution < 1.29 is 4.57 Å². The SMILES string of the molecule is N[C@H]1CC=CN(P(=O)(c2ccccc2)c2ccccc2)[C@H]1c1ccccc1. The molecule has 136 valence electrons. The van der Waals surface area contributed by atoms with Crippen molar-refractivity contribution in [3.63, 3.8) is 0 Å². The minimum atomic E-state index is -3.09. The summed E-state index contributed by atoms with van der Waals surface area (Å²) in [5.41, 5.74) is 7.62. The molecule has 27 heavy (non-hydrogen) atoms. The molecule has 1 aliphatic heterocycles. The standard InChI is InChI=1S/C23H23N2OP/c24-22-17-10-18-25(23(22)19-11-4-1-5-12-19)27(26,20-13-6-2-7-14-20)21-15-8-3-9-16-21/h1-16,18,22-23H,17,24H2/t22-,23-/m0/s1. The zero-order valence-electron chi connectivity index (χ0n) is 15.1. The number of hydrogen-bond acceptors (Lipinski definition) is 2. The zero-order valence-corrected chi connectivity index (χ0v) is 16.0. The molecule has 0 fully saturated rings. The van der Waals surface area contributed by atoms with E-state index in [4.69, 9.17) is 5.73 Å². The van der Waals surface area contributed by atoms with Gasteiger partial charge in [-0.1, -0.05) is 72.8 Å². The largest absolute Gasteiger partial charge is 0.325 e. The molecule has 4 rings (SSSR count). The van der Waals surface area contributed by atoms with Crippen molar-refractivity contribution in [2.24, 2.45) is 5.73 Å². The molecule has 1 aliphatic rings. The monoisotopic (exact) mass is 374 g/mol. The molecule has 3 nitrogen and oxygen atoms in total. The Kier molecular flexibility index (Phi) is 4.98. The number of hydrogen-bond donors (Lipinski definition) is 1. The Bertz CT molecular complexity index is 914. The van der Waals surface area contributed by atoms with Crippen LogP contribution in [0.1, 0.15) is 18.0 Å². The van der Waals surface area contributed by atoms with Crippen LogP contribution in [0, 0.1) is 0 Å². The van der Waals surface area contributed by atoms with Crippen molar-refractivity contribution in [2.75, 3.05) is 0 Å². The molecule has 1 heterocycles. The highest BCUT2D eigenvalue weighted by Gasteiger charge is 2.41. The van der Waals surface area contributed by atoms with Crippen molar-refractivity contribution in [3.05, 3.63) is 109 Å². The third kappa shape index (κ3) is 3.25. The Morgan fingerprint density at radius 3 is 1.78 bits per heavy atom. The van der Waals surface area contributed by atoms with E-state index >= 15 is 0 Å². The van der Waals surface area contributed by atoms with Crippen LogP contribution in [0.15, 0.2) is 103 Å². The maximum Gasteiger partial charge on any atom is 0.229 e. The first-order valence-corrected chi connectivity index (χ1v) is 10.8. The van der Waals surface area contributed by atoms with E-state index in [1.54, 1.807) is 0 Å². The quantitative estimate of drug-likeness (QED) is 0.696. The first-order valence-electron chi connectivity index (χ1n) is 9.18. The van der Waals surface area contributed by atoms with Crippen LogP contribution >= 0.6 is 7.29 Å². The lowest BCUT2D eigenvalue weighted by Crippen LogP contribution is -2.42. The van der Waals surface area contributed by atoms with E-state index in [1.807, 2.05) is 95.8 Å². The molecule has 0 unspecified atom stereocenters. The van der Waals surface area contributed by atoms with Crippen LogP contribution in [-0.2, 0) is 4.57 Å². The highest BCUT2D eigenvalue weighted by molar-refractivity contribution is 7.76. The highest BCUT2D eigenvalue weighted by Crippen LogP contribution is 2.54. The molecule has 0 saturated heterocycles. The summed E-state index contributed by atoms with van der Waals surface area (Å²) in [6, 6.07) is 29.3. The third-order valence-electron chi connectivity index (χ3n) is 5.04. The Hall–Kier alpha value is -2.61. The smallest absolute Gasteiger partial charge is 0.229 e. The molecule has 0 spiro atoms. The Morgan fingerprint density at radius 2 is 1.26 bits per heavy atom. The van der Waals surface area contributed by atoms with Gasteiger partial charge in [-0.3, -0.25) is 4.57 Å². The van der Waals surface area contributed by atoms with Crippen LogP contribution in [0.5, 0.6) is 0 Å². The van der Waals surface area contributed by atoms with Gasteiger partial charge in [0, 0.05) is 22.9 Å². The van der Waals surface area contributed by atoms with E-state index in [0.29, 0.717) is 0 Å². The van der Waals surface area contributed by atoms with Crippen LogP contribution in [0.4, 0.5) is 0 Å². The number of nitrogens with two attached hydrogens (primary N) is 1. The first kappa shape index (κ1) is 17.8. The summed E-state index contributed by atoms with van der Waals surface area (Å²) >= 11 is 0. The number of benzene rings is 3. The van der Waals surface area contributed by atoms with E-state index in [0.717, 1.165) is 22.6 Å². The molecular formula is C23H23N2OP. The van der Waals surface area contributed by atoms with Gasteiger partial charge < -0.3 is 10.4 Å². The topological polar surface area (TPSA) is 46.3 Å². The molecule has 0 aliphatic carbocycles. The van der Waals surface area contributed by atoms with Gasteiger partial charge in [-0.15, -0.1) is 0 Å². The van der Waals surface area contributed by atoms with Crippen LogP contribution in [0.2, 0.25) is 0 Å². The molecule has 3 aromatic rings. The van der Waals surface area contributed by atoms with Gasteiger partial charge in [0.05, 0.1) is 6.04 Å². The predicted molar refractivity (Wildman–Crippen MR) is 113 cm³/mol. The highest BCUT2D eigenvalue weighted by atomic mass is 31.2. The lowest BCUT2D eigenvalue weighted by Gasteiger charge is -2.42. The third-order valence-corrected chi connectivity index (χ3v) is 8.06. The molecule has 0 amide bonds. The van der Waals surface area contributed by atoms with Crippen molar-refractivity contribution in [3.8, 4) is 0 Å². The average molecular weight is 374 g/mol. The van der Waals surface area contributed by atoms with Gasteiger partial charge in [0.15, 0.2) is 0 Å². The van der Waals surface area contributed by atoms with Crippen molar-refractivity contribution in [2.45, 2.75) is 18.5 Å². The van der Waals surface area contributed by atoms with Crippen LogP contribution in [0.25, 0.3) is 0 Å². The minimum Gasteiger partial charge on any atom is -0.325 e. The van der Waals surface area contributed by atoms with Gasteiger partial charge in [-0.25, -0.2) is 0 Å². The molecule has 4 heteroatoms. The molecule has 0 bridgehead atoms. The van der Waals surface area contributed by atoms with Crippen LogP contribution in [-0.4, -0.2) is 10.7 Å². The Balaban J connectivity index is 1.92. The Labute approximate surface area is 160 Å². The molecule has 2 atom stereocenters. The van der Waals surface area contributed by atoms with E-state index in [-0.39, 0.29) is 12.1 Å². The second-order valence-electron chi connectivity index (χ2n) is 6.77. The van der Waals surface area contributed by atoms with E-state index < -0.39 is 7.29 Å². The fourth-order valence-corrected chi connectivity index (χ4v) is 6.66. The summed E-state index contributed by atoms with van der Waals surface area (Å²) in [4.78, 5) is 0. The summed E-state index contributed by atoms with van der Waals surface area (Å²) in [6.07, 6.45) is 4.77. The summed E-state index contributed by atoms with van der Waals surface area (Å²) in [6.45, 7) is 0. The maximum atomic E-state index is 14.7. The summed E-state index contributed by atoms with van der Waals surface area (Å²) in [7, 11) is -3.09. The van der Waals surface area contributed by atoms with E-state index in [1.165, 1.54) is 0 Å². The number of nitrogens with zero attached hydrogens (tertiary/aromatic N) is 1. The van der Waals surface area contributed by atoms with E-state index in [2.05, 4.69) is 12.1 Å². The van der Waals surface area contributed by atoms with Gasteiger partial charge in [-0.2, -0.15) is 0 Å². The average Bonchev–Trinajstić information content (AvgIpc) is 2.75. The van der Waals surface area contributed by atoms with Crippen molar-refractivity contribution in [1.29, 1.82) is 0 Å². The van der Waals surface area contributed by atoms with Crippen molar-refractivity contribution >= 4 is 17.9 Å². The molecular weight excluding hydrogens is 351 g/mol. The molecule has 0 aromatic heterocycles. The summed E-state index contributed by atoms with van der Waals surface area (Å²) < 4.78 is 16.7. The Morgan fingerprint density at radius 1 is 0.778 bits per heavy atom. The lowest BCUT2D eigenvalue weighted by atomic mass is 9.96. The maximum absolute atomic E-state index is 14.7. The number of rotatable bonds is 4. The van der Waals surface area contributed by atoms with E-state index in [9.17, 15) is 4.57 Å². The predicted octanol–water partition coefficient (Wildman–Crippen LogP) is 4.20. The fraction of sp³-hybridized carbons (Fsp3) is 0.130. The molecule has 0 saturated carbocycles. The van der Waals surface area contributed by atoms with Gasteiger partial charge >= 0.3 is 0 Å². The second kappa shape index (κ2) is 7.56. The fourth-order valence-electron chi connectivity index (χ4n) is 3.74. The van der Waals surface area contributed by atoms with Gasteiger partial charge in [-0.05, 0) is 36.2 Å². The molecule has 2 N–H and O–H groups in total. The van der Waals surface area contributed by atoms with Gasteiger partial charge in [0.1, 0.15) is 0 Å². The van der Waals surface area contributed by atoms with Crippen molar-refractivity contribution in [1.82, 2.24) is 4.67 Å². The molecule has 3 aromatic carbocycles. The summed E-state index contributed by atoms with van der Waals surface area (Å²) in [5, 5.41) is 1.63. The van der Waals surface area contributed by atoms with Crippen LogP contribution < -0.4 is 16.3 Å². The van der Waals surface area contributed by atoms with Gasteiger partial charge in [0.25, 0.3) is 0 Å². The minimum absolute atomic E-state index is 0.127. The van der Waals surface area contributed by atoms with Crippen LogP contribution in [0.3, 0.4) is 0 Å². The van der Waals surface area contributed by atoms with Gasteiger partial charge in [0.2, 0.25) is 7.29 Å². The molecule has 0 radical (unpaired) electrons. The lowest BCUT2D eigenvalue weighted by molar-refractivity contribution is 0.338. The normalized spacial score (nSPS) is 19.8. The summed E-state index contributed by atoms with van der Waals surface area (Å²) in [5.74, 6) is 0.